The molecule has 27 heavy (non-hydrogen) atoms. The first-order valence-corrected chi connectivity index (χ1v) is 8.92. The maximum Gasteiger partial charge on any atom is 0.246 e. The Balaban J connectivity index is 1.43. The number of benzene rings is 2. The number of para-hydroxylation sites is 1. The number of ether oxygens (including phenoxy) is 3. The van der Waals surface area contributed by atoms with Crippen molar-refractivity contribution in [2.75, 3.05) is 6.79 Å². The third-order valence-corrected chi connectivity index (χ3v) is 5.19. The quantitative estimate of drug-likeness (QED) is 0.684. The third kappa shape index (κ3) is 2.23. The van der Waals surface area contributed by atoms with E-state index in [2.05, 4.69) is 6.07 Å². The number of hydrogen-bond acceptors (Lipinski definition) is 6. The molecule has 0 unspecified atom stereocenters. The van der Waals surface area contributed by atoms with Gasteiger partial charge in [-0.15, -0.1) is 0 Å². The van der Waals surface area contributed by atoms with Crippen LogP contribution in [0, 0.1) is 0 Å². The van der Waals surface area contributed by atoms with Crippen molar-refractivity contribution in [3.63, 3.8) is 0 Å². The molecule has 0 fully saturated rings. The van der Waals surface area contributed by atoms with E-state index in [1.54, 1.807) is 6.26 Å². The lowest BCUT2D eigenvalue weighted by Crippen LogP contribution is -2.33. The highest BCUT2D eigenvalue weighted by molar-refractivity contribution is 6.02. The maximum absolute atomic E-state index is 6.23. The normalized spacial score (nSPS) is 22.1. The van der Waals surface area contributed by atoms with Gasteiger partial charge < -0.3 is 18.6 Å². The molecule has 0 radical (unpaired) electrons. The van der Waals surface area contributed by atoms with Crippen LogP contribution in [0.15, 0.2) is 70.4 Å². The van der Waals surface area contributed by atoms with Gasteiger partial charge in [-0.1, -0.05) is 18.2 Å². The first-order valence-electron chi connectivity index (χ1n) is 8.92. The first-order chi connectivity index (χ1) is 13.4. The van der Waals surface area contributed by atoms with E-state index in [1.807, 2.05) is 53.5 Å². The molecule has 0 N–H and O–H groups in total. The minimum absolute atomic E-state index is 0.102. The molecular formula is C21H16N2O4. The molecule has 3 aliphatic rings. The topological polar surface area (TPSA) is 56.4 Å². The Bertz CT molecular complexity index is 1040. The fraction of sp³-hybridized carbons (Fsp3) is 0.190. The van der Waals surface area contributed by atoms with Gasteiger partial charge in [0.1, 0.15) is 5.75 Å². The van der Waals surface area contributed by atoms with Gasteiger partial charge in [-0.2, -0.15) is 5.10 Å². The zero-order valence-electron chi connectivity index (χ0n) is 14.4. The van der Waals surface area contributed by atoms with E-state index in [-0.39, 0.29) is 19.1 Å². The van der Waals surface area contributed by atoms with Crippen LogP contribution >= 0.6 is 0 Å². The van der Waals surface area contributed by atoms with Crippen molar-refractivity contribution < 1.29 is 18.6 Å². The van der Waals surface area contributed by atoms with Gasteiger partial charge in [0.25, 0.3) is 0 Å². The van der Waals surface area contributed by atoms with Gasteiger partial charge >= 0.3 is 0 Å². The van der Waals surface area contributed by atoms with Gasteiger partial charge in [0.15, 0.2) is 17.3 Å². The molecule has 2 aromatic carbocycles. The van der Waals surface area contributed by atoms with Crippen LogP contribution in [-0.4, -0.2) is 17.5 Å². The zero-order chi connectivity index (χ0) is 17.8. The summed E-state index contributed by atoms with van der Waals surface area (Å²) in [6, 6.07) is 18.0. The lowest BCUT2D eigenvalue weighted by Gasteiger charge is -2.36. The number of furan rings is 1. The highest BCUT2D eigenvalue weighted by Crippen LogP contribution is 2.47. The summed E-state index contributed by atoms with van der Waals surface area (Å²) >= 11 is 0. The summed E-state index contributed by atoms with van der Waals surface area (Å²) < 4.78 is 22.8. The van der Waals surface area contributed by atoms with Crippen molar-refractivity contribution in [3.8, 4) is 17.2 Å². The number of nitrogens with zero attached hydrogens (tertiary/aromatic N) is 2. The average Bonchev–Trinajstić information content (AvgIpc) is 3.47. The summed E-state index contributed by atoms with van der Waals surface area (Å²) in [5.74, 6) is 3.16. The molecule has 2 atom stereocenters. The smallest absolute Gasteiger partial charge is 0.246 e. The molecule has 3 aromatic rings. The fourth-order valence-corrected chi connectivity index (χ4v) is 3.90. The molecule has 0 amide bonds. The second-order valence-electron chi connectivity index (χ2n) is 6.74. The summed E-state index contributed by atoms with van der Waals surface area (Å²) in [4.78, 5) is 0. The molecule has 0 saturated carbocycles. The van der Waals surface area contributed by atoms with Crippen LogP contribution in [0.4, 0.5) is 0 Å². The number of fused-ring (bicyclic) bond motifs is 4. The van der Waals surface area contributed by atoms with Crippen LogP contribution in [-0.2, 0) is 0 Å². The van der Waals surface area contributed by atoms with Crippen LogP contribution in [0.5, 0.6) is 17.2 Å². The summed E-state index contributed by atoms with van der Waals surface area (Å²) in [5, 5.41) is 6.91. The van der Waals surface area contributed by atoms with Crippen molar-refractivity contribution >= 4 is 5.71 Å². The zero-order valence-corrected chi connectivity index (χ0v) is 14.4. The minimum atomic E-state index is -0.383. The van der Waals surface area contributed by atoms with E-state index in [0.717, 1.165) is 46.3 Å². The molecule has 1 aromatic heterocycles. The summed E-state index contributed by atoms with van der Waals surface area (Å²) in [6.07, 6.45) is 2.07. The van der Waals surface area contributed by atoms with Gasteiger partial charge in [0.2, 0.25) is 13.0 Å². The average molecular weight is 360 g/mol. The standard InChI is InChI=1S/C21H16N2O4/c1-2-5-17-14(4-1)16-11-15(13-7-8-18-20(10-13)26-12-25-18)22-23(16)21(27-17)19-6-3-9-24-19/h1-10,16,21H,11-12H2/t16-,21-/m1/s1. The van der Waals surface area contributed by atoms with Crippen molar-refractivity contribution in [3.05, 3.63) is 77.7 Å². The number of rotatable bonds is 2. The van der Waals surface area contributed by atoms with E-state index in [9.17, 15) is 0 Å². The van der Waals surface area contributed by atoms with E-state index in [1.165, 1.54) is 0 Å². The highest BCUT2D eigenvalue weighted by atomic mass is 16.7. The first kappa shape index (κ1) is 14.7. The predicted octanol–water partition coefficient (Wildman–Crippen LogP) is 4.25. The molecule has 0 bridgehead atoms. The van der Waals surface area contributed by atoms with Crippen LogP contribution in [0.2, 0.25) is 0 Å². The Labute approximate surface area is 155 Å². The van der Waals surface area contributed by atoms with Crippen LogP contribution in [0.3, 0.4) is 0 Å². The van der Waals surface area contributed by atoms with Gasteiger partial charge in [0, 0.05) is 17.5 Å². The molecule has 0 spiro atoms. The summed E-state index contributed by atoms with van der Waals surface area (Å²) in [7, 11) is 0. The number of hydrazone groups is 1. The second-order valence-corrected chi connectivity index (χ2v) is 6.74. The second kappa shape index (κ2) is 5.54. The van der Waals surface area contributed by atoms with E-state index in [0.29, 0.717) is 0 Å². The lowest BCUT2D eigenvalue weighted by atomic mass is 9.96. The summed E-state index contributed by atoms with van der Waals surface area (Å²) in [5.41, 5.74) is 3.17. The van der Waals surface area contributed by atoms with Gasteiger partial charge in [-0.3, -0.25) is 0 Å². The molecule has 0 aliphatic carbocycles. The molecule has 4 heterocycles. The number of hydrogen-bond donors (Lipinski definition) is 0. The Kier molecular flexibility index (Phi) is 3.02. The molecule has 6 nitrogen and oxygen atoms in total. The monoisotopic (exact) mass is 360 g/mol. The van der Waals surface area contributed by atoms with Crippen LogP contribution in [0.25, 0.3) is 0 Å². The van der Waals surface area contributed by atoms with Crippen molar-refractivity contribution in [2.45, 2.75) is 18.7 Å². The van der Waals surface area contributed by atoms with Crippen molar-refractivity contribution in [2.24, 2.45) is 5.10 Å². The van der Waals surface area contributed by atoms with Crippen LogP contribution < -0.4 is 14.2 Å². The Morgan fingerprint density at radius 1 is 0.926 bits per heavy atom. The van der Waals surface area contributed by atoms with E-state index in [4.69, 9.17) is 23.7 Å². The van der Waals surface area contributed by atoms with Crippen molar-refractivity contribution in [1.29, 1.82) is 0 Å². The van der Waals surface area contributed by atoms with Crippen LogP contribution in [0.1, 0.15) is 35.6 Å². The van der Waals surface area contributed by atoms with Gasteiger partial charge in [-0.25, -0.2) is 5.01 Å². The van der Waals surface area contributed by atoms with Gasteiger partial charge in [-0.05, 0) is 36.4 Å². The Morgan fingerprint density at radius 3 is 2.78 bits per heavy atom. The van der Waals surface area contributed by atoms with E-state index >= 15 is 0 Å². The maximum atomic E-state index is 6.23. The third-order valence-electron chi connectivity index (χ3n) is 5.19. The fourth-order valence-electron chi connectivity index (χ4n) is 3.90. The molecule has 6 rings (SSSR count). The molecular weight excluding hydrogens is 344 g/mol. The SMILES string of the molecule is c1coc([C@H]2Oc3ccccc3[C@H]3CC(c4ccc5c(c4)OCO5)=NN32)c1. The lowest BCUT2D eigenvalue weighted by molar-refractivity contribution is -0.0325. The Hall–Kier alpha value is -3.41. The Morgan fingerprint density at radius 2 is 1.85 bits per heavy atom. The molecule has 3 aliphatic heterocycles. The summed E-state index contributed by atoms with van der Waals surface area (Å²) in [6.45, 7) is 0.266. The minimum Gasteiger partial charge on any atom is -0.463 e. The highest BCUT2D eigenvalue weighted by Gasteiger charge is 2.42. The van der Waals surface area contributed by atoms with Gasteiger partial charge in [0.05, 0.1) is 18.0 Å². The molecule has 6 heteroatoms. The van der Waals surface area contributed by atoms with E-state index < -0.39 is 0 Å². The molecule has 134 valence electrons. The largest absolute Gasteiger partial charge is 0.463 e. The molecule has 0 saturated heterocycles. The predicted molar refractivity (Wildman–Crippen MR) is 96.8 cm³/mol. The van der Waals surface area contributed by atoms with Crippen molar-refractivity contribution in [1.82, 2.24) is 5.01 Å².